The summed E-state index contributed by atoms with van der Waals surface area (Å²) in [4.78, 5) is 20.6. The van der Waals surface area contributed by atoms with E-state index in [1.165, 1.54) is 6.92 Å². The van der Waals surface area contributed by atoms with E-state index in [1.54, 1.807) is 0 Å². The van der Waals surface area contributed by atoms with Gasteiger partial charge in [0.15, 0.2) is 5.75 Å². The third kappa shape index (κ3) is 6.35. The number of carbonyl (C=O) groups is 2. The number of halogens is 1. The fourth-order valence-corrected chi connectivity index (χ4v) is 1.39. The van der Waals surface area contributed by atoms with Gasteiger partial charge in [0.1, 0.15) is 0 Å². The smallest absolute Gasteiger partial charge is 0.419 e. The van der Waals surface area contributed by atoms with Crippen molar-refractivity contribution in [3.63, 3.8) is 0 Å². The van der Waals surface area contributed by atoms with Gasteiger partial charge in [-0.25, -0.2) is 4.79 Å². The average molecular weight is 231 g/mol. The molecule has 0 aliphatic heterocycles. The van der Waals surface area contributed by atoms with Crippen molar-refractivity contribution in [3.05, 3.63) is 0 Å². The molecule has 0 aliphatic rings. The SMILES string of the molecule is CCOC(=O)CS(=O)(=O)OC(=O)Cl. The minimum absolute atomic E-state index is 0.0448. The third-order valence-electron chi connectivity index (χ3n) is 0.792. The van der Waals surface area contributed by atoms with Crippen LogP contribution in [-0.2, 0) is 23.8 Å². The summed E-state index contributed by atoms with van der Waals surface area (Å²) in [5, 5.41) is 0. The van der Waals surface area contributed by atoms with Crippen LogP contribution in [-0.4, -0.2) is 32.2 Å². The van der Waals surface area contributed by atoms with Gasteiger partial charge >= 0.3 is 21.5 Å². The molecule has 8 heteroatoms. The number of ether oxygens (including phenoxy) is 1. The summed E-state index contributed by atoms with van der Waals surface area (Å²) >= 11 is 4.63. The number of rotatable bonds is 4. The van der Waals surface area contributed by atoms with E-state index in [4.69, 9.17) is 0 Å². The van der Waals surface area contributed by atoms with Crippen LogP contribution in [0.3, 0.4) is 0 Å². The molecule has 0 rings (SSSR count). The van der Waals surface area contributed by atoms with E-state index in [-0.39, 0.29) is 6.61 Å². The van der Waals surface area contributed by atoms with Gasteiger partial charge < -0.3 is 8.92 Å². The highest BCUT2D eigenvalue weighted by Crippen LogP contribution is 1.99. The molecule has 0 saturated carbocycles. The molecule has 0 atom stereocenters. The molecule has 0 fully saturated rings. The monoisotopic (exact) mass is 230 g/mol. The number of hydrogen-bond acceptors (Lipinski definition) is 6. The first-order chi connectivity index (χ1) is 5.87. The lowest BCUT2D eigenvalue weighted by Crippen LogP contribution is -2.21. The van der Waals surface area contributed by atoms with Gasteiger partial charge in [-0.1, -0.05) is 0 Å². The van der Waals surface area contributed by atoms with Gasteiger partial charge in [-0.15, -0.1) is 0 Å². The molecule has 0 aromatic heterocycles. The maximum Gasteiger partial charge on any atom is 0.419 e. The fraction of sp³-hybridized carbons (Fsp3) is 0.600. The molecular weight excluding hydrogens is 224 g/mol. The van der Waals surface area contributed by atoms with Crippen LogP contribution in [0.1, 0.15) is 6.92 Å². The van der Waals surface area contributed by atoms with Crippen molar-refractivity contribution >= 4 is 33.1 Å². The van der Waals surface area contributed by atoms with Crippen molar-refractivity contribution in [1.82, 2.24) is 0 Å². The lowest BCUT2D eigenvalue weighted by atomic mass is 10.8. The van der Waals surface area contributed by atoms with E-state index < -0.39 is 27.3 Å². The van der Waals surface area contributed by atoms with Crippen LogP contribution in [0.4, 0.5) is 4.79 Å². The van der Waals surface area contributed by atoms with Crippen LogP contribution in [0, 0.1) is 0 Å². The topological polar surface area (TPSA) is 86.7 Å². The Morgan fingerprint density at radius 3 is 2.31 bits per heavy atom. The van der Waals surface area contributed by atoms with Crippen molar-refractivity contribution in [2.24, 2.45) is 0 Å². The summed E-state index contributed by atoms with van der Waals surface area (Å²) in [6.07, 6.45) is 0. The Balaban J connectivity index is 4.18. The van der Waals surface area contributed by atoms with Crippen molar-refractivity contribution in [1.29, 1.82) is 0 Å². The predicted molar refractivity (Wildman–Crippen MR) is 42.8 cm³/mol. The zero-order chi connectivity index (χ0) is 10.5. The second-order valence-electron chi connectivity index (χ2n) is 1.83. The normalized spacial score (nSPS) is 10.6. The first-order valence-electron chi connectivity index (χ1n) is 3.14. The van der Waals surface area contributed by atoms with Gasteiger partial charge in [0.2, 0.25) is 0 Å². The fourth-order valence-electron chi connectivity index (χ4n) is 0.476. The van der Waals surface area contributed by atoms with Gasteiger partial charge in [0.05, 0.1) is 6.61 Å². The average Bonchev–Trinajstić information content (AvgIpc) is 1.81. The largest absolute Gasteiger partial charge is 0.465 e. The molecule has 0 radical (unpaired) electrons. The van der Waals surface area contributed by atoms with E-state index >= 15 is 0 Å². The van der Waals surface area contributed by atoms with E-state index in [9.17, 15) is 18.0 Å². The lowest BCUT2D eigenvalue weighted by molar-refractivity contribution is -0.140. The number of hydrogen-bond donors (Lipinski definition) is 0. The molecule has 0 N–H and O–H groups in total. The zero-order valence-electron chi connectivity index (χ0n) is 6.65. The molecule has 76 valence electrons. The van der Waals surface area contributed by atoms with Gasteiger partial charge in [0, 0.05) is 11.6 Å². The predicted octanol–water partition coefficient (Wildman–Crippen LogP) is 0.255. The van der Waals surface area contributed by atoms with Gasteiger partial charge in [-0.3, -0.25) is 4.79 Å². The number of carbonyl (C=O) groups excluding carboxylic acids is 2. The minimum Gasteiger partial charge on any atom is -0.465 e. The Morgan fingerprint density at radius 2 is 1.92 bits per heavy atom. The van der Waals surface area contributed by atoms with E-state index in [2.05, 4.69) is 20.5 Å². The Bertz CT molecular complexity index is 294. The van der Waals surface area contributed by atoms with Gasteiger partial charge in [-0.05, 0) is 6.92 Å². The highest BCUT2D eigenvalue weighted by Gasteiger charge is 2.21. The van der Waals surface area contributed by atoms with Gasteiger partial charge in [-0.2, -0.15) is 8.42 Å². The Kier molecular flexibility index (Phi) is 4.71. The van der Waals surface area contributed by atoms with E-state index in [0.717, 1.165) is 0 Å². The highest BCUT2D eigenvalue weighted by atomic mass is 35.5. The second kappa shape index (κ2) is 5.03. The summed E-state index contributed by atoms with van der Waals surface area (Å²) in [7, 11) is -4.26. The molecule has 0 aliphatic carbocycles. The van der Waals surface area contributed by atoms with Crippen LogP contribution in [0.2, 0.25) is 0 Å². The molecule has 13 heavy (non-hydrogen) atoms. The minimum atomic E-state index is -4.26. The molecule has 0 amide bonds. The molecule has 0 aromatic carbocycles. The Hall–Kier alpha value is -0.820. The van der Waals surface area contributed by atoms with Crippen molar-refractivity contribution < 1.29 is 26.9 Å². The van der Waals surface area contributed by atoms with Crippen molar-refractivity contribution in [2.75, 3.05) is 12.4 Å². The van der Waals surface area contributed by atoms with Crippen LogP contribution >= 0.6 is 11.6 Å². The summed E-state index contributed by atoms with van der Waals surface area (Å²) in [5.74, 6) is -2.03. The molecule has 0 saturated heterocycles. The number of esters is 1. The third-order valence-corrected chi connectivity index (χ3v) is 1.96. The van der Waals surface area contributed by atoms with Crippen LogP contribution in [0.15, 0.2) is 0 Å². The van der Waals surface area contributed by atoms with Crippen LogP contribution < -0.4 is 0 Å². The first-order valence-corrected chi connectivity index (χ1v) is 5.10. The molecule has 0 heterocycles. The van der Waals surface area contributed by atoms with E-state index in [1.807, 2.05) is 0 Å². The Labute approximate surface area is 79.9 Å². The summed E-state index contributed by atoms with van der Waals surface area (Å²) in [6, 6.07) is 0. The molecular formula is C5H7ClO6S. The molecule has 0 bridgehead atoms. The van der Waals surface area contributed by atoms with E-state index in [0.29, 0.717) is 0 Å². The molecule has 0 spiro atoms. The zero-order valence-corrected chi connectivity index (χ0v) is 8.22. The molecule has 0 unspecified atom stereocenters. The lowest BCUT2D eigenvalue weighted by Gasteiger charge is -2.01. The quantitative estimate of drug-likeness (QED) is 0.391. The maximum atomic E-state index is 10.7. The van der Waals surface area contributed by atoms with Gasteiger partial charge in [0.25, 0.3) is 0 Å². The molecule has 0 aromatic rings. The second-order valence-corrected chi connectivity index (χ2v) is 3.71. The maximum absolute atomic E-state index is 10.7. The van der Waals surface area contributed by atoms with Crippen molar-refractivity contribution in [2.45, 2.75) is 6.92 Å². The highest BCUT2D eigenvalue weighted by molar-refractivity contribution is 7.87. The summed E-state index contributed by atoms with van der Waals surface area (Å²) < 4.78 is 29.4. The summed E-state index contributed by atoms with van der Waals surface area (Å²) in [5.41, 5.74) is -1.51. The van der Waals surface area contributed by atoms with Crippen molar-refractivity contribution in [3.8, 4) is 0 Å². The van der Waals surface area contributed by atoms with Crippen LogP contribution in [0.25, 0.3) is 0 Å². The summed E-state index contributed by atoms with van der Waals surface area (Å²) in [6.45, 7) is 1.56. The Morgan fingerprint density at radius 1 is 1.38 bits per heavy atom. The van der Waals surface area contributed by atoms with Crippen LogP contribution in [0.5, 0.6) is 0 Å². The standard InChI is InChI=1S/C5H7ClO6S/c1-2-11-4(7)3-13(9,10)12-5(6)8/h2-3H2,1H3. The molecule has 6 nitrogen and oxygen atoms in total. The first kappa shape index (κ1) is 12.2.